The van der Waals surface area contributed by atoms with E-state index < -0.39 is 29.7 Å². The number of hydrogen-bond acceptors (Lipinski definition) is 5. The molecule has 0 fully saturated rings. The molecule has 0 rings (SSSR count). The van der Waals surface area contributed by atoms with Gasteiger partial charge in [0.25, 0.3) is 0 Å². The third-order valence-electron chi connectivity index (χ3n) is 2.06. The van der Waals surface area contributed by atoms with Crippen LogP contribution in [-0.2, 0) is 19.1 Å². The lowest BCUT2D eigenvalue weighted by Gasteiger charge is -2.22. The van der Waals surface area contributed by atoms with Gasteiger partial charge in [0.15, 0.2) is 0 Å². The summed E-state index contributed by atoms with van der Waals surface area (Å²) in [5.74, 6) is -1.59. The molecule has 1 atom stereocenters. The normalized spacial score (nSPS) is 12.4. The first-order valence-corrected chi connectivity index (χ1v) is 5.95. The Morgan fingerprint density at radius 2 is 1.84 bits per heavy atom. The summed E-state index contributed by atoms with van der Waals surface area (Å²) >= 11 is 0. The van der Waals surface area contributed by atoms with E-state index in [2.05, 4.69) is 10.1 Å². The summed E-state index contributed by atoms with van der Waals surface area (Å²) in [5, 5.41) is 10.9. The minimum absolute atomic E-state index is 0.0799. The van der Waals surface area contributed by atoms with Gasteiger partial charge in [-0.15, -0.1) is 0 Å². The van der Waals surface area contributed by atoms with Crippen LogP contribution in [0, 0.1) is 0 Å². The van der Waals surface area contributed by atoms with Crippen LogP contribution in [0.4, 0.5) is 4.79 Å². The Morgan fingerprint density at radius 3 is 2.26 bits per heavy atom. The Morgan fingerprint density at radius 1 is 1.26 bits per heavy atom. The second kappa shape index (κ2) is 7.60. The number of ether oxygens (including phenoxy) is 2. The first-order valence-electron chi connectivity index (χ1n) is 5.95. The standard InChI is InChI=1S/C12H21NO6/c1-12(2,3)19-11(17)13-8(10(16)18-4)6-5-7-9(14)15/h8H,5-7H2,1-4H3,(H,13,17)(H,14,15)/t8-/m0/s1. The molecule has 0 spiro atoms. The number of amides is 1. The van der Waals surface area contributed by atoms with Crippen LogP contribution >= 0.6 is 0 Å². The molecule has 0 bridgehead atoms. The molecule has 0 heterocycles. The quantitative estimate of drug-likeness (QED) is 0.708. The molecule has 0 saturated heterocycles. The molecule has 0 aromatic rings. The lowest BCUT2D eigenvalue weighted by atomic mass is 10.1. The highest BCUT2D eigenvalue weighted by Gasteiger charge is 2.24. The molecule has 110 valence electrons. The minimum Gasteiger partial charge on any atom is -0.481 e. The molecule has 19 heavy (non-hydrogen) atoms. The molecule has 1 amide bonds. The fourth-order valence-corrected chi connectivity index (χ4v) is 1.30. The van der Waals surface area contributed by atoms with Crippen molar-refractivity contribution in [2.45, 2.75) is 51.7 Å². The molecule has 0 radical (unpaired) electrons. The highest BCUT2D eigenvalue weighted by atomic mass is 16.6. The number of nitrogens with one attached hydrogen (secondary N) is 1. The monoisotopic (exact) mass is 275 g/mol. The number of hydrogen-bond donors (Lipinski definition) is 2. The molecule has 2 N–H and O–H groups in total. The van der Waals surface area contributed by atoms with Gasteiger partial charge >= 0.3 is 18.0 Å². The lowest BCUT2D eigenvalue weighted by Crippen LogP contribution is -2.44. The van der Waals surface area contributed by atoms with Gasteiger partial charge in [0.05, 0.1) is 7.11 Å². The van der Waals surface area contributed by atoms with Gasteiger partial charge in [-0.1, -0.05) is 0 Å². The van der Waals surface area contributed by atoms with Gasteiger partial charge in [0, 0.05) is 6.42 Å². The fraction of sp³-hybridized carbons (Fsp3) is 0.750. The van der Waals surface area contributed by atoms with Crippen molar-refractivity contribution in [3.8, 4) is 0 Å². The fourth-order valence-electron chi connectivity index (χ4n) is 1.30. The first kappa shape index (κ1) is 17.2. The summed E-state index contributed by atoms with van der Waals surface area (Å²) in [6.07, 6.45) is -0.384. The number of aliphatic carboxylic acids is 1. The number of carboxylic acid groups (broad SMARTS) is 1. The number of rotatable bonds is 6. The zero-order valence-corrected chi connectivity index (χ0v) is 11.7. The second-order valence-electron chi connectivity index (χ2n) is 5.01. The number of carbonyl (C=O) groups excluding carboxylic acids is 2. The van der Waals surface area contributed by atoms with Gasteiger partial charge in [-0.25, -0.2) is 9.59 Å². The Hall–Kier alpha value is -1.79. The van der Waals surface area contributed by atoms with E-state index in [4.69, 9.17) is 9.84 Å². The maximum Gasteiger partial charge on any atom is 0.408 e. The molecule has 0 aromatic heterocycles. The van der Waals surface area contributed by atoms with Crippen LogP contribution in [-0.4, -0.2) is 41.9 Å². The van der Waals surface area contributed by atoms with Gasteiger partial charge in [-0.2, -0.15) is 0 Å². The van der Waals surface area contributed by atoms with Crippen LogP contribution in [0.5, 0.6) is 0 Å². The molecule has 0 aliphatic carbocycles. The van der Waals surface area contributed by atoms with E-state index in [0.29, 0.717) is 0 Å². The third-order valence-corrected chi connectivity index (χ3v) is 2.06. The van der Waals surface area contributed by atoms with E-state index >= 15 is 0 Å². The van der Waals surface area contributed by atoms with Gasteiger partial charge in [-0.3, -0.25) is 4.79 Å². The Balaban J connectivity index is 4.39. The van der Waals surface area contributed by atoms with E-state index in [0.717, 1.165) is 0 Å². The Labute approximate surface area is 112 Å². The van der Waals surface area contributed by atoms with Crippen LogP contribution in [0.2, 0.25) is 0 Å². The molecule has 7 heteroatoms. The molecule has 0 saturated carbocycles. The summed E-state index contributed by atoms with van der Waals surface area (Å²) in [6.45, 7) is 5.10. The molecule has 0 aromatic carbocycles. The van der Waals surface area contributed by atoms with E-state index in [1.165, 1.54) is 7.11 Å². The van der Waals surface area contributed by atoms with Gasteiger partial charge in [-0.05, 0) is 33.6 Å². The number of carbonyl (C=O) groups is 3. The van der Waals surface area contributed by atoms with Crippen molar-refractivity contribution in [3.63, 3.8) is 0 Å². The van der Waals surface area contributed by atoms with E-state index in [1.807, 2.05) is 0 Å². The molecule has 0 aliphatic rings. The van der Waals surface area contributed by atoms with Crippen molar-refractivity contribution < 1.29 is 29.0 Å². The first-order chi connectivity index (χ1) is 8.65. The molecule has 0 unspecified atom stereocenters. The third kappa shape index (κ3) is 8.87. The maximum absolute atomic E-state index is 11.5. The van der Waals surface area contributed by atoms with E-state index in [9.17, 15) is 14.4 Å². The summed E-state index contributed by atoms with van der Waals surface area (Å²) in [4.78, 5) is 33.4. The van der Waals surface area contributed by atoms with Crippen molar-refractivity contribution in [2.24, 2.45) is 0 Å². The van der Waals surface area contributed by atoms with Gasteiger partial charge in [0.1, 0.15) is 11.6 Å². The van der Waals surface area contributed by atoms with Gasteiger partial charge < -0.3 is 19.9 Å². The summed E-state index contributed by atoms with van der Waals surface area (Å²) < 4.78 is 9.56. The molecule has 0 aliphatic heterocycles. The smallest absolute Gasteiger partial charge is 0.408 e. The largest absolute Gasteiger partial charge is 0.481 e. The number of alkyl carbamates (subject to hydrolysis) is 1. The summed E-state index contributed by atoms with van der Waals surface area (Å²) in [7, 11) is 1.20. The van der Waals surface area contributed by atoms with Crippen molar-refractivity contribution in [1.29, 1.82) is 0 Å². The van der Waals surface area contributed by atoms with Crippen LogP contribution < -0.4 is 5.32 Å². The number of carboxylic acids is 1. The number of esters is 1. The average Bonchev–Trinajstić information content (AvgIpc) is 2.23. The average molecular weight is 275 g/mol. The Bertz CT molecular complexity index is 334. The molecular formula is C12H21NO6. The van der Waals surface area contributed by atoms with Crippen molar-refractivity contribution in [2.75, 3.05) is 7.11 Å². The van der Waals surface area contributed by atoms with Gasteiger partial charge in [0.2, 0.25) is 0 Å². The minimum atomic E-state index is -0.958. The van der Waals surface area contributed by atoms with Crippen LogP contribution in [0.1, 0.15) is 40.0 Å². The van der Waals surface area contributed by atoms with Crippen LogP contribution in [0.3, 0.4) is 0 Å². The summed E-state index contributed by atoms with van der Waals surface area (Å²) in [5.41, 5.74) is -0.675. The predicted octanol–water partition coefficient (Wildman–Crippen LogP) is 1.31. The zero-order valence-electron chi connectivity index (χ0n) is 11.7. The van der Waals surface area contributed by atoms with Crippen LogP contribution in [0.25, 0.3) is 0 Å². The number of methoxy groups -OCH3 is 1. The maximum atomic E-state index is 11.5. The SMILES string of the molecule is COC(=O)[C@H](CCCC(=O)O)NC(=O)OC(C)(C)C. The topological polar surface area (TPSA) is 102 Å². The van der Waals surface area contributed by atoms with E-state index in [1.54, 1.807) is 20.8 Å². The Kier molecular flexibility index (Phi) is 6.89. The van der Waals surface area contributed by atoms with Crippen molar-refractivity contribution >= 4 is 18.0 Å². The van der Waals surface area contributed by atoms with Crippen molar-refractivity contribution in [3.05, 3.63) is 0 Å². The van der Waals surface area contributed by atoms with E-state index in [-0.39, 0.29) is 19.3 Å². The predicted molar refractivity (Wildman–Crippen MR) is 66.7 cm³/mol. The molecular weight excluding hydrogens is 254 g/mol. The lowest BCUT2D eigenvalue weighted by molar-refractivity contribution is -0.144. The van der Waals surface area contributed by atoms with Crippen LogP contribution in [0.15, 0.2) is 0 Å². The highest BCUT2D eigenvalue weighted by molar-refractivity contribution is 5.81. The highest BCUT2D eigenvalue weighted by Crippen LogP contribution is 2.09. The zero-order chi connectivity index (χ0) is 15.1. The summed E-state index contributed by atoms with van der Waals surface area (Å²) in [6, 6.07) is -0.904. The van der Waals surface area contributed by atoms with Crippen molar-refractivity contribution in [1.82, 2.24) is 5.32 Å². The second-order valence-corrected chi connectivity index (χ2v) is 5.01. The molecule has 7 nitrogen and oxygen atoms in total.